The van der Waals surface area contributed by atoms with E-state index in [2.05, 4.69) is 58.2 Å². The van der Waals surface area contributed by atoms with E-state index in [1.165, 1.54) is 28.6 Å². The zero-order valence-corrected chi connectivity index (χ0v) is 12.3. The normalized spacial score (nSPS) is 22.1. The van der Waals surface area contributed by atoms with E-state index in [-0.39, 0.29) is 0 Å². The van der Waals surface area contributed by atoms with Gasteiger partial charge in [0, 0.05) is 29.3 Å². The van der Waals surface area contributed by atoms with Crippen molar-refractivity contribution in [2.24, 2.45) is 0 Å². The number of benzene rings is 1. The number of hydrogen-bond acceptors (Lipinski definition) is 2. The average molecular weight is 297 g/mol. The van der Waals surface area contributed by atoms with Gasteiger partial charge in [0.1, 0.15) is 0 Å². The Morgan fingerprint density at radius 2 is 2.18 bits per heavy atom. The summed E-state index contributed by atoms with van der Waals surface area (Å²) in [4.78, 5) is 2.51. The van der Waals surface area contributed by atoms with Crippen molar-refractivity contribution in [2.75, 3.05) is 24.5 Å². The molecule has 0 spiro atoms. The predicted octanol–water partition coefficient (Wildman–Crippen LogP) is 3.34. The van der Waals surface area contributed by atoms with Gasteiger partial charge in [0.2, 0.25) is 0 Å². The molecule has 1 fully saturated rings. The molecule has 0 radical (unpaired) electrons. The van der Waals surface area contributed by atoms with Gasteiger partial charge in [-0.05, 0) is 57.0 Å². The Labute approximate surface area is 113 Å². The minimum Gasteiger partial charge on any atom is -0.371 e. The first-order valence-corrected chi connectivity index (χ1v) is 7.20. The molecule has 0 amide bonds. The number of nitrogens with zero attached hydrogens (tertiary/aromatic N) is 1. The molecule has 94 valence electrons. The topological polar surface area (TPSA) is 15.3 Å². The van der Waals surface area contributed by atoms with Gasteiger partial charge in [-0.3, -0.25) is 0 Å². The lowest BCUT2D eigenvalue weighted by atomic mass is 10.1. The van der Waals surface area contributed by atoms with Gasteiger partial charge in [-0.25, -0.2) is 0 Å². The van der Waals surface area contributed by atoms with Gasteiger partial charge in [0.25, 0.3) is 0 Å². The second-order valence-corrected chi connectivity index (χ2v) is 5.77. The fourth-order valence-corrected chi connectivity index (χ4v) is 2.51. The van der Waals surface area contributed by atoms with Crippen LogP contribution in [-0.4, -0.2) is 25.7 Å². The third kappa shape index (κ3) is 3.46. The second-order valence-electron chi connectivity index (χ2n) is 4.92. The molecule has 1 aromatic carbocycles. The van der Waals surface area contributed by atoms with E-state index in [9.17, 15) is 0 Å². The molecule has 0 aromatic heterocycles. The van der Waals surface area contributed by atoms with E-state index in [4.69, 9.17) is 0 Å². The maximum Gasteiger partial charge on any atom is 0.0369 e. The monoisotopic (exact) mass is 296 g/mol. The van der Waals surface area contributed by atoms with Gasteiger partial charge in [0.05, 0.1) is 0 Å². The molecular weight excluding hydrogens is 276 g/mol. The van der Waals surface area contributed by atoms with Crippen molar-refractivity contribution in [3.8, 4) is 0 Å². The van der Waals surface area contributed by atoms with Crippen molar-refractivity contribution >= 4 is 21.6 Å². The minimum absolute atomic E-state index is 0.634. The van der Waals surface area contributed by atoms with Crippen LogP contribution in [0.3, 0.4) is 0 Å². The number of rotatable bonds is 1. The van der Waals surface area contributed by atoms with Crippen molar-refractivity contribution in [3.63, 3.8) is 0 Å². The molecule has 0 aliphatic carbocycles. The molecule has 0 saturated carbocycles. The summed E-state index contributed by atoms with van der Waals surface area (Å²) in [5, 5.41) is 3.54. The number of nitrogens with one attached hydrogen (secondary N) is 1. The maximum atomic E-state index is 3.56. The molecule has 1 saturated heterocycles. The Kier molecular flexibility index (Phi) is 4.46. The first-order chi connectivity index (χ1) is 8.16. The van der Waals surface area contributed by atoms with E-state index < -0.39 is 0 Å². The van der Waals surface area contributed by atoms with Crippen molar-refractivity contribution in [1.82, 2.24) is 5.32 Å². The smallest absolute Gasteiger partial charge is 0.0369 e. The highest BCUT2D eigenvalue weighted by Crippen LogP contribution is 2.23. The molecule has 0 bridgehead atoms. The van der Waals surface area contributed by atoms with Crippen molar-refractivity contribution < 1.29 is 0 Å². The fourth-order valence-electron chi connectivity index (χ4n) is 2.27. The van der Waals surface area contributed by atoms with E-state index in [1.54, 1.807) is 0 Å². The van der Waals surface area contributed by atoms with Crippen LogP contribution in [0, 0.1) is 6.92 Å². The van der Waals surface area contributed by atoms with Crippen LogP contribution in [-0.2, 0) is 0 Å². The standard InChI is InChI=1S/C14H21BrN2/c1-11-10-13(4-5-14(11)15)17-8-3-7-16-12(2)6-9-17/h4-5,10,12,16H,3,6-9H2,1-2H3. The lowest BCUT2D eigenvalue weighted by molar-refractivity contribution is 0.475. The molecule has 2 nitrogen and oxygen atoms in total. The van der Waals surface area contributed by atoms with Gasteiger partial charge >= 0.3 is 0 Å². The van der Waals surface area contributed by atoms with Gasteiger partial charge in [0.15, 0.2) is 0 Å². The quantitative estimate of drug-likeness (QED) is 0.855. The highest BCUT2D eigenvalue weighted by atomic mass is 79.9. The summed E-state index contributed by atoms with van der Waals surface area (Å²) in [6.07, 6.45) is 2.44. The van der Waals surface area contributed by atoms with Gasteiger partial charge in [-0.1, -0.05) is 15.9 Å². The summed E-state index contributed by atoms with van der Waals surface area (Å²) in [5.74, 6) is 0. The molecule has 1 aliphatic heterocycles. The van der Waals surface area contributed by atoms with Gasteiger partial charge < -0.3 is 10.2 Å². The molecule has 1 unspecified atom stereocenters. The molecule has 17 heavy (non-hydrogen) atoms. The Hall–Kier alpha value is -0.540. The van der Waals surface area contributed by atoms with Gasteiger partial charge in [-0.2, -0.15) is 0 Å². The Morgan fingerprint density at radius 3 is 2.94 bits per heavy atom. The third-order valence-electron chi connectivity index (χ3n) is 3.44. The Morgan fingerprint density at radius 1 is 1.35 bits per heavy atom. The first-order valence-electron chi connectivity index (χ1n) is 6.41. The number of hydrogen-bond donors (Lipinski definition) is 1. The zero-order valence-electron chi connectivity index (χ0n) is 10.7. The van der Waals surface area contributed by atoms with E-state index in [1.807, 2.05) is 0 Å². The molecule has 1 atom stereocenters. The van der Waals surface area contributed by atoms with Crippen LogP contribution in [0.25, 0.3) is 0 Å². The molecule has 2 rings (SSSR count). The average Bonchev–Trinajstić information content (AvgIpc) is 2.28. The second kappa shape index (κ2) is 5.87. The lowest BCUT2D eigenvalue weighted by Crippen LogP contribution is -2.38. The molecule has 3 heteroatoms. The summed E-state index contributed by atoms with van der Waals surface area (Å²) in [6.45, 7) is 7.86. The summed E-state index contributed by atoms with van der Waals surface area (Å²) in [6, 6.07) is 7.29. The summed E-state index contributed by atoms with van der Waals surface area (Å²) >= 11 is 3.56. The van der Waals surface area contributed by atoms with E-state index in [0.29, 0.717) is 6.04 Å². The first kappa shape index (κ1) is 12.9. The Bertz CT molecular complexity index is 378. The minimum atomic E-state index is 0.634. The summed E-state index contributed by atoms with van der Waals surface area (Å²) < 4.78 is 1.20. The van der Waals surface area contributed by atoms with Crippen LogP contribution < -0.4 is 10.2 Å². The van der Waals surface area contributed by atoms with Crippen molar-refractivity contribution in [1.29, 1.82) is 0 Å². The number of aryl methyl sites for hydroxylation is 1. The molecule has 1 aromatic rings. The van der Waals surface area contributed by atoms with Crippen LogP contribution in [0.1, 0.15) is 25.3 Å². The Balaban J connectivity index is 2.10. The van der Waals surface area contributed by atoms with Crippen molar-refractivity contribution in [3.05, 3.63) is 28.2 Å². The number of halogens is 1. The van der Waals surface area contributed by atoms with Crippen LogP contribution in [0.5, 0.6) is 0 Å². The molecule has 1 heterocycles. The predicted molar refractivity (Wildman–Crippen MR) is 77.8 cm³/mol. The third-order valence-corrected chi connectivity index (χ3v) is 4.33. The zero-order chi connectivity index (χ0) is 12.3. The molecule has 1 aliphatic rings. The molecule has 1 N–H and O–H groups in total. The summed E-state index contributed by atoms with van der Waals surface area (Å²) in [5.41, 5.74) is 2.68. The van der Waals surface area contributed by atoms with Crippen molar-refractivity contribution in [2.45, 2.75) is 32.7 Å². The van der Waals surface area contributed by atoms with Crippen LogP contribution >= 0.6 is 15.9 Å². The van der Waals surface area contributed by atoms with Crippen LogP contribution in [0.15, 0.2) is 22.7 Å². The molecular formula is C14H21BrN2. The number of anilines is 1. The maximum absolute atomic E-state index is 3.56. The van der Waals surface area contributed by atoms with Gasteiger partial charge in [-0.15, -0.1) is 0 Å². The lowest BCUT2D eigenvalue weighted by Gasteiger charge is -2.30. The van der Waals surface area contributed by atoms with E-state index in [0.717, 1.165) is 19.6 Å². The SMILES string of the molecule is Cc1cc(N2CCCNC(C)CC2)ccc1Br. The highest BCUT2D eigenvalue weighted by Gasteiger charge is 2.12. The fraction of sp³-hybridized carbons (Fsp3) is 0.571. The largest absolute Gasteiger partial charge is 0.371 e. The van der Waals surface area contributed by atoms with Crippen LogP contribution in [0.2, 0.25) is 0 Å². The van der Waals surface area contributed by atoms with Crippen LogP contribution in [0.4, 0.5) is 5.69 Å². The summed E-state index contributed by atoms with van der Waals surface area (Å²) in [7, 11) is 0. The highest BCUT2D eigenvalue weighted by molar-refractivity contribution is 9.10. The van der Waals surface area contributed by atoms with E-state index >= 15 is 0 Å².